The van der Waals surface area contributed by atoms with E-state index in [1.165, 1.54) is 31.4 Å². The van der Waals surface area contributed by atoms with Crippen molar-refractivity contribution in [2.24, 2.45) is 17.8 Å². The Morgan fingerprint density at radius 2 is 1.97 bits per heavy atom. The molecule has 32 heavy (non-hydrogen) atoms. The molecule has 3 heterocycles. The number of piperidine rings is 1. The summed E-state index contributed by atoms with van der Waals surface area (Å²) in [5.41, 5.74) is 1.81. The zero-order valence-electron chi connectivity index (χ0n) is 18.1. The van der Waals surface area contributed by atoms with Gasteiger partial charge in [0.1, 0.15) is 17.1 Å². The van der Waals surface area contributed by atoms with Crippen molar-refractivity contribution in [2.75, 3.05) is 23.3 Å². The van der Waals surface area contributed by atoms with Crippen molar-refractivity contribution in [1.82, 2.24) is 15.2 Å². The van der Waals surface area contributed by atoms with Gasteiger partial charge in [-0.15, -0.1) is 0 Å². The van der Waals surface area contributed by atoms with Crippen LogP contribution in [0.5, 0.6) is 5.75 Å². The molecule has 2 bridgehead atoms. The fourth-order valence-electron chi connectivity index (χ4n) is 6.11. The van der Waals surface area contributed by atoms with Gasteiger partial charge in [-0.3, -0.25) is 9.89 Å². The number of aromatic amines is 1. The number of rotatable bonds is 4. The molecule has 0 radical (unpaired) electrons. The highest BCUT2D eigenvalue weighted by Crippen LogP contribution is 2.52. The van der Waals surface area contributed by atoms with Gasteiger partial charge in [-0.25, -0.2) is 4.98 Å². The molecule has 3 fully saturated rings. The van der Waals surface area contributed by atoms with Crippen molar-refractivity contribution in [2.45, 2.75) is 44.4 Å². The fourth-order valence-corrected chi connectivity index (χ4v) is 6.11. The molecule has 166 valence electrons. The number of hydrogen-bond donors (Lipinski definition) is 3. The minimum Gasteiger partial charge on any atom is -0.506 e. The summed E-state index contributed by atoms with van der Waals surface area (Å²) in [5, 5.41) is 21.6. The number of H-pyrrole nitrogens is 1. The van der Waals surface area contributed by atoms with E-state index < -0.39 is 0 Å². The molecule has 3 N–H and O–H groups in total. The lowest BCUT2D eigenvalue weighted by Gasteiger charge is -2.32. The minimum absolute atomic E-state index is 0.0252. The number of nitrogens with zero attached hydrogens (tertiary/aromatic N) is 3. The lowest BCUT2D eigenvalue weighted by atomic mass is 9.86. The maximum absolute atomic E-state index is 12.9. The predicted molar refractivity (Wildman–Crippen MR) is 124 cm³/mol. The average molecular weight is 432 g/mol. The Morgan fingerprint density at radius 3 is 2.75 bits per heavy atom. The number of phenolic OH excluding ortho intramolecular Hbond substituents is 1. The number of carbonyl (C=O) groups excluding carboxylic acids is 1. The highest BCUT2D eigenvalue weighted by Gasteiger charge is 2.41. The van der Waals surface area contributed by atoms with E-state index in [0.717, 1.165) is 49.0 Å². The van der Waals surface area contributed by atoms with Crippen LogP contribution in [0.3, 0.4) is 0 Å². The molecule has 1 aromatic carbocycles. The second kappa shape index (κ2) is 7.80. The Kier molecular flexibility index (Phi) is 4.77. The summed E-state index contributed by atoms with van der Waals surface area (Å²) in [6.07, 6.45) is 6.88. The number of aromatic nitrogens is 3. The first-order valence-electron chi connectivity index (χ1n) is 11.8. The Bertz CT molecular complexity index is 1150. The van der Waals surface area contributed by atoms with Crippen molar-refractivity contribution in [3.63, 3.8) is 0 Å². The molecule has 3 aliphatic rings. The third-order valence-corrected chi connectivity index (χ3v) is 7.86. The number of anilines is 2. The van der Waals surface area contributed by atoms with Crippen LogP contribution < -0.4 is 10.2 Å². The van der Waals surface area contributed by atoms with E-state index in [1.807, 2.05) is 30.3 Å². The van der Waals surface area contributed by atoms with E-state index >= 15 is 0 Å². The van der Waals surface area contributed by atoms with Crippen LogP contribution in [-0.4, -0.2) is 39.3 Å². The van der Waals surface area contributed by atoms with Crippen molar-refractivity contribution < 1.29 is 9.90 Å². The molecule has 2 aromatic heterocycles. The summed E-state index contributed by atoms with van der Waals surface area (Å²) in [7, 11) is 0. The third-order valence-electron chi connectivity index (χ3n) is 7.86. The molecule has 2 aliphatic carbocycles. The van der Waals surface area contributed by atoms with E-state index in [0.29, 0.717) is 17.3 Å². The Balaban J connectivity index is 1.07. The molecule has 6 rings (SSSR count). The second-order valence-corrected chi connectivity index (χ2v) is 9.76. The van der Waals surface area contributed by atoms with Crippen LogP contribution in [0.1, 0.15) is 50.1 Å². The number of benzene rings is 1. The average Bonchev–Trinajstić information content (AvgIpc) is 3.57. The largest absolute Gasteiger partial charge is 0.506 e. The quantitative estimate of drug-likeness (QED) is 0.568. The SMILES string of the molecule is O=C(Nc1cc(C2CC3CCC2C3)[nH]n1)C1CCN(c2ccc3cccc(O)c3n2)CC1. The molecular weight excluding hydrogens is 402 g/mol. The summed E-state index contributed by atoms with van der Waals surface area (Å²) in [5.74, 6) is 3.99. The van der Waals surface area contributed by atoms with Gasteiger partial charge in [-0.1, -0.05) is 18.6 Å². The van der Waals surface area contributed by atoms with E-state index in [1.54, 1.807) is 6.07 Å². The van der Waals surface area contributed by atoms with Gasteiger partial charge in [0.25, 0.3) is 0 Å². The molecule has 1 aliphatic heterocycles. The molecular formula is C25H29N5O2. The highest BCUT2D eigenvalue weighted by atomic mass is 16.3. The monoisotopic (exact) mass is 431 g/mol. The number of nitrogens with one attached hydrogen (secondary N) is 2. The van der Waals surface area contributed by atoms with Crippen LogP contribution in [0.25, 0.3) is 10.9 Å². The lowest BCUT2D eigenvalue weighted by Crippen LogP contribution is -2.38. The van der Waals surface area contributed by atoms with Crippen LogP contribution in [-0.2, 0) is 4.79 Å². The zero-order valence-corrected chi connectivity index (χ0v) is 18.1. The standard InChI is InChI=1S/C25H29N5O2/c31-21-3-1-2-16-6-7-23(27-24(16)21)30-10-8-17(9-11-30)25(32)26-22-14-20(28-29-22)19-13-15-4-5-18(19)12-15/h1-3,6-7,14-15,17-19,31H,4-5,8-13H2,(H2,26,28,29,32). The van der Waals surface area contributed by atoms with Gasteiger partial charge in [-0.05, 0) is 62.1 Å². The van der Waals surface area contributed by atoms with Crippen molar-refractivity contribution in [1.29, 1.82) is 0 Å². The number of fused-ring (bicyclic) bond motifs is 3. The molecule has 3 unspecified atom stereocenters. The Morgan fingerprint density at radius 1 is 1.09 bits per heavy atom. The summed E-state index contributed by atoms with van der Waals surface area (Å²) in [6.45, 7) is 1.53. The van der Waals surface area contributed by atoms with Crippen LogP contribution in [0.4, 0.5) is 11.6 Å². The summed E-state index contributed by atoms with van der Waals surface area (Å²) >= 11 is 0. The Hall–Kier alpha value is -3.09. The predicted octanol–water partition coefficient (Wildman–Crippen LogP) is 4.42. The van der Waals surface area contributed by atoms with Gasteiger partial charge < -0.3 is 15.3 Å². The van der Waals surface area contributed by atoms with Crippen LogP contribution in [0.2, 0.25) is 0 Å². The number of aromatic hydroxyl groups is 1. The lowest BCUT2D eigenvalue weighted by molar-refractivity contribution is -0.120. The normalized spacial score (nSPS) is 25.5. The smallest absolute Gasteiger partial charge is 0.228 e. The van der Waals surface area contributed by atoms with Crippen molar-refractivity contribution in [3.8, 4) is 5.75 Å². The molecule has 7 nitrogen and oxygen atoms in total. The van der Waals surface area contributed by atoms with E-state index in [9.17, 15) is 9.90 Å². The number of carbonyl (C=O) groups is 1. The van der Waals surface area contributed by atoms with Crippen LogP contribution in [0, 0.1) is 17.8 Å². The second-order valence-electron chi connectivity index (χ2n) is 9.76. The minimum atomic E-state index is -0.0252. The highest BCUT2D eigenvalue weighted by molar-refractivity contribution is 5.92. The molecule has 1 amide bonds. The number of pyridine rings is 1. The number of hydrogen-bond acceptors (Lipinski definition) is 5. The van der Waals surface area contributed by atoms with Gasteiger partial charge in [0.15, 0.2) is 5.82 Å². The first-order valence-corrected chi connectivity index (χ1v) is 11.8. The zero-order chi connectivity index (χ0) is 21.7. The molecule has 0 spiro atoms. The first kappa shape index (κ1) is 19.6. The summed E-state index contributed by atoms with van der Waals surface area (Å²) < 4.78 is 0. The van der Waals surface area contributed by atoms with E-state index in [2.05, 4.69) is 25.4 Å². The maximum atomic E-state index is 12.9. The van der Waals surface area contributed by atoms with Gasteiger partial charge in [0.2, 0.25) is 5.91 Å². The van der Waals surface area contributed by atoms with Crippen LogP contribution >= 0.6 is 0 Å². The topological polar surface area (TPSA) is 94.1 Å². The maximum Gasteiger partial charge on any atom is 0.228 e. The fraction of sp³-hybridized carbons (Fsp3) is 0.480. The van der Waals surface area contributed by atoms with Crippen molar-refractivity contribution in [3.05, 3.63) is 42.1 Å². The van der Waals surface area contributed by atoms with Gasteiger partial charge in [0.05, 0.1) is 0 Å². The molecule has 3 atom stereocenters. The van der Waals surface area contributed by atoms with Gasteiger partial charge >= 0.3 is 0 Å². The Labute approximate surface area is 187 Å². The van der Waals surface area contributed by atoms with E-state index in [-0.39, 0.29) is 17.6 Å². The first-order chi connectivity index (χ1) is 15.6. The van der Waals surface area contributed by atoms with Crippen molar-refractivity contribution >= 4 is 28.4 Å². The third kappa shape index (κ3) is 3.49. The molecule has 1 saturated heterocycles. The molecule has 2 saturated carbocycles. The van der Waals surface area contributed by atoms with E-state index in [4.69, 9.17) is 0 Å². The summed E-state index contributed by atoms with van der Waals surface area (Å²) in [4.78, 5) is 19.7. The van der Waals surface area contributed by atoms with Crippen LogP contribution in [0.15, 0.2) is 36.4 Å². The summed E-state index contributed by atoms with van der Waals surface area (Å²) in [6, 6.07) is 11.4. The van der Waals surface area contributed by atoms with Gasteiger partial charge in [0, 0.05) is 42.1 Å². The number of amides is 1. The molecule has 3 aromatic rings. The van der Waals surface area contributed by atoms with Gasteiger partial charge in [-0.2, -0.15) is 5.10 Å². The number of para-hydroxylation sites is 1. The number of phenols is 1. The molecule has 7 heteroatoms.